The van der Waals surface area contributed by atoms with Crippen molar-refractivity contribution >= 4 is 23.4 Å². The Hall–Kier alpha value is -2.10. The standard InChI is InChI=1S/C22H21BO2/c1-22(2)13-24-23(25-14-22)19-8-7-15-12-21-18(10-17(15)11-19)9-16-5-3-4-6-20(16)21/h3-8,10-12H,9,13-14H2,1-2H3. The van der Waals surface area contributed by atoms with Crippen molar-refractivity contribution in [2.45, 2.75) is 20.3 Å². The number of hydrogen-bond acceptors (Lipinski definition) is 2. The molecule has 0 aromatic heterocycles. The quantitative estimate of drug-likeness (QED) is 0.488. The average Bonchev–Trinajstić information content (AvgIpc) is 2.97. The molecule has 2 nitrogen and oxygen atoms in total. The van der Waals surface area contributed by atoms with E-state index in [1.165, 1.54) is 33.0 Å². The fourth-order valence-electron chi connectivity index (χ4n) is 3.93. The molecule has 0 unspecified atom stereocenters. The Morgan fingerprint density at radius 2 is 1.60 bits per heavy atom. The van der Waals surface area contributed by atoms with E-state index in [1.54, 1.807) is 0 Å². The molecular formula is C22H21BO2. The Morgan fingerprint density at radius 1 is 0.800 bits per heavy atom. The van der Waals surface area contributed by atoms with E-state index in [0.29, 0.717) is 0 Å². The van der Waals surface area contributed by atoms with E-state index in [0.717, 1.165) is 25.1 Å². The van der Waals surface area contributed by atoms with Gasteiger partial charge in [0.05, 0.1) is 0 Å². The first-order valence-electron chi connectivity index (χ1n) is 8.97. The van der Waals surface area contributed by atoms with E-state index < -0.39 is 0 Å². The van der Waals surface area contributed by atoms with Gasteiger partial charge in [0, 0.05) is 18.6 Å². The zero-order valence-electron chi connectivity index (χ0n) is 14.7. The molecule has 5 rings (SSSR count). The fourth-order valence-corrected chi connectivity index (χ4v) is 3.93. The maximum absolute atomic E-state index is 5.95. The minimum atomic E-state index is -0.247. The van der Waals surface area contributed by atoms with Gasteiger partial charge in [0.25, 0.3) is 0 Å². The largest absolute Gasteiger partial charge is 0.493 e. The van der Waals surface area contributed by atoms with E-state index in [9.17, 15) is 0 Å². The lowest BCUT2D eigenvalue weighted by molar-refractivity contribution is 0.0343. The maximum atomic E-state index is 5.95. The van der Waals surface area contributed by atoms with Crippen LogP contribution in [0.2, 0.25) is 0 Å². The van der Waals surface area contributed by atoms with Crippen LogP contribution in [-0.2, 0) is 15.7 Å². The summed E-state index contributed by atoms with van der Waals surface area (Å²) in [5.74, 6) is 0. The molecule has 1 saturated heterocycles. The van der Waals surface area contributed by atoms with Gasteiger partial charge in [0.1, 0.15) is 0 Å². The van der Waals surface area contributed by atoms with Crippen LogP contribution in [0.25, 0.3) is 21.9 Å². The van der Waals surface area contributed by atoms with E-state index in [-0.39, 0.29) is 12.5 Å². The van der Waals surface area contributed by atoms with Gasteiger partial charge in [-0.25, -0.2) is 0 Å². The highest BCUT2D eigenvalue weighted by Crippen LogP contribution is 2.38. The summed E-state index contributed by atoms with van der Waals surface area (Å²) in [6.07, 6.45) is 1.02. The molecule has 0 bridgehead atoms. The Bertz CT molecular complexity index is 967. The molecule has 1 heterocycles. The van der Waals surface area contributed by atoms with Gasteiger partial charge >= 0.3 is 7.12 Å². The van der Waals surface area contributed by atoms with Crippen molar-refractivity contribution in [3.63, 3.8) is 0 Å². The molecule has 0 spiro atoms. The van der Waals surface area contributed by atoms with E-state index in [1.807, 2.05) is 0 Å². The monoisotopic (exact) mass is 328 g/mol. The zero-order valence-corrected chi connectivity index (χ0v) is 14.7. The third kappa shape index (κ3) is 2.59. The van der Waals surface area contributed by atoms with Crippen molar-refractivity contribution in [3.8, 4) is 11.1 Å². The smallest absolute Gasteiger partial charge is 0.407 e. The fraction of sp³-hybridized carbons (Fsp3) is 0.273. The second-order valence-electron chi connectivity index (χ2n) is 8.07. The van der Waals surface area contributed by atoms with Gasteiger partial charge < -0.3 is 9.31 Å². The van der Waals surface area contributed by atoms with Gasteiger partial charge in [-0.3, -0.25) is 0 Å². The van der Waals surface area contributed by atoms with Gasteiger partial charge in [-0.1, -0.05) is 62.4 Å². The molecule has 124 valence electrons. The summed E-state index contributed by atoms with van der Waals surface area (Å²) in [4.78, 5) is 0. The lowest BCUT2D eigenvalue weighted by atomic mass is 9.75. The number of benzene rings is 3. The second kappa shape index (κ2) is 5.45. The molecule has 0 amide bonds. The Kier molecular flexibility index (Phi) is 3.31. The summed E-state index contributed by atoms with van der Waals surface area (Å²) in [5.41, 5.74) is 6.80. The summed E-state index contributed by atoms with van der Waals surface area (Å²) < 4.78 is 11.9. The Balaban J connectivity index is 1.52. The summed E-state index contributed by atoms with van der Waals surface area (Å²) in [7, 11) is -0.247. The van der Waals surface area contributed by atoms with Crippen LogP contribution in [0, 0.1) is 5.41 Å². The molecule has 0 N–H and O–H groups in total. The zero-order chi connectivity index (χ0) is 17.0. The molecule has 1 fully saturated rings. The lowest BCUT2D eigenvalue weighted by Crippen LogP contribution is -2.47. The van der Waals surface area contributed by atoms with Crippen LogP contribution in [0.1, 0.15) is 25.0 Å². The number of hydrogen-bond donors (Lipinski definition) is 0. The highest BCUT2D eigenvalue weighted by molar-refractivity contribution is 6.61. The molecule has 0 radical (unpaired) electrons. The lowest BCUT2D eigenvalue weighted by Gasteiger charge is -2.33. The molecule has 2 aliphatic rings. The number of fused-ring (bicyclic) bond motifs is 4. The van der Waals surface area contributed by atoms with Crippen LogP contribution >= 0.6 is 0 Å². The predicted molar refractivity (Wildman–Crippen MR) is 103 cm³/mol. The predicted octanol–water partition coefficient (Wildman–Crippen LogP) is 4.18. The topological polar surface area (TPSA) is 18.5 Å². The van der Waals surface area contributed by atoms with E-state index >= 15 is 0 Å². The molecule has 3 heteroatoms. The molecular weight excluding hydrogens is 307 g/mol. The molecule has 0 atom stereocenters. The van der Waals surface area contributed by atoms with Crippen LogP contribution in [0.4, 0.5) is 0 Å². The van der Waals surface area contributed by atoms with Crippen LogP contribution in [0.3, 0.4) is 0 Å². The van der Waals surface area contributed by atoms with Crippen LogP contribution in [-0.4, -0.2) is 20.3 Å². The van der Waals surface area contributed by atoms with Crippen molar-refractivity contribution < 1.29 is 9.31 Å². The summed E-state index contributed by atoms with van der Waals surface area (Å²) in [5, 5.41) is 2.54. The third-order valence-electron chi connectivity index (χ3n) is 5.30. The van der Waals surface area contributed by atoms with Crippen LogP contribution in [0.15, 0.2) is 54.6 Å². The van der Waals surface area contributed by atoms with Crippen LogP contribution in [0.5, 0.6) is 0 Å². The highest BCUT2D eigenvalue weighted by atomic mass is 16.6. The van der Waals surface area contributed by atoms with Gasteiger partial charge in [-0.15, -0.1) is 0 Å². The van der Waals surface area contributed by atoms with E-state index in [2.05, 4.69) is 68.4 Å². The number of rotatable bonds is 1. The molecule has 0 saturated carbocycles. The third-order valence-corrected chi connectivity index (χ3v) is 5.30. The molecule has 3 aromatic rings. The minimum Gasteiger partial charge on any atom is -0.407 e. The first-order chi connectivity index (χ1) is 12.1. The Morgan fingerprint density at radius 3 is 2.44 bits per heavy atom. The maximum Gasteiger partial charge on any atom is 0.493 e. The first kappa shape index (κ1) is 15.2. The molecule has 3 aromatic carbocycles. The molecule has 1 aliphatic heterocycles. The van der Waals surface area contributed by atoms with Crippen molar-refractivity contribution in [2.24, 2.45) is 5.41 Å². The normalized spacial score (nSPS) is 18.2. The van der Waals surface area contributed by atoms with Crippen LogP contribution < -0.4 is 5.46 Å². The summed E-state index contributed by atoms with van der Waals surface area (Å²) in [6.45, 7) is 5.81. The SMILES string of the molecule is CC1(C)COB(c2ccc3cc4c(cc3c2)Cc2ccccc2-4)OC1. The van der Waals surface area contributed by atoms with Crippen molar-refractivity contribution in [1.82, 2.24) is 0 Å². The van der Waals surface area contributed by atoms with Gasteiger partial charge in [-0.2, -0.15) is 0 Å². The average molecular weight is 328 g/mol. The molecule has 25 heavy (non-hydrogen) atoms. The van der Waals surface area contributed by atoms with Crippen molar-refractivity contribution in [1.29, 1.82) is 0 Å². The minimum absolute atomic E-state index is 0.0972. The van der Waals surface area contributed by atoms with Gasteiger partial charge in [-0.05, 0) is 51.0 Å². The van der Waals surface area contributed by atoms with E-state index in [4.69, 9.17) is 9.31 Å². The van der Waals surface area contributed by atoms with Gasteiger partial charge in [0.2, 0.25) is 0 Å². The van der Waals surface area contributed by atoms with Gasteiger partial charge in [0.15, 0.2) is 0 Å². The Labute approximate surface area is 148 Å². The summed E-state index contributed by atoms with van der Waals surface area (Å²) >= 11 is 0. The second-order valence-corrected chi connectivity index (χ2v) is 8.07. The summed E-state index contributed by atoms with van der Waals surface area (Å²) in [6, 6.07) is 19.9. The molecule has 1 aliphatic carbocycles. The van der Waals surface area contributed by atoms with Crippen molar-refractivity contribution in [3.05, 3.63) is 65.7 Å². The first-order valence-corrected chi connectivity index (χ1v) is 8.97. The highest BCUT2D eigenvalue weighted by Gasteiger charge is 2.33. The van der Waals surface area contributed by atoms with Crippen molar-refractivity contribution in [2.75, 3.05) is 13.2 Å².